The maximum Gasteiger partial charge on any atom is 0.251 e. The topological polar surface area (TPSA) is 85.8 Å². The lowest BCUT2D eigenvalue weighted by Crippen LogP contribution is -2.22. The van der Waals surface area contributed by atoms with Gasteiger partial charge in [-0.05, 0) is 35.0 Å². The summed E-state index contributed by atoms with van der Waals surface area (Å²) in [7, 11) is 0. The van der Waals surface area contributed by atoms with Gasteiger partial charge in [0.05, 0.1) is 19.4 Å². The summed E-state index contributed by atoms with van der Waals surface area (Å²) < 4.78 is 5.22. The molecule has 1 amide bonds. The summed E-state index contributed by atoms with van der Waals surface area (Å²) in [6.45, 7) is 0.778. The zero-order chi connectivity index (χ0) is 18.5. The third kappa shape index (κ3) is 4.09. The van der Waals surface area contributed by atoms with Crippen LogP contribution >= 0.6 is 0 Å². The number of nitrogens with zero attached hydrogens (tertiary/aromatic N) is 4. The molecule has 2 aromatic carbocycles. The van der Waals surface area contributed by atoms with E-state index < -0.39 is 0 Å². The van der Waals surface area contributed by atoms with E-state index in [4.69, 9.17) is 4.42 Å². The molecule has 1 N–H and O–H groups in total. The van der Waals surface area contributed by atoms with Crippen molar-refractivity contribution in [2.24, 2.45) is 0 Å². The van der Waals surface area contributed by atoms with Crippen LogP contribution in [0, 0.1) is 0 Å². The number of carbonyl (C=O) groups is 1. The molecular weight excluding hydrogens is 342 g/mol. The Balaban J connectivity index is 1.43. The van der Waals surface area contributed by atoms with Crippen LogP contribution < -0.4 is 5.32 Å². The maximum atomic E-state index is 12.3. The highest BCUT2D eigenvalue weighted by Crippen LogP contribution is 2.13. The van der Waals surface area contributed by atoms with Gasteiger partial charge in [0.2, 0.25) is 5.82 Å². The van der Waals surface area contributed by atoms with Crippen LogP contribution in [-0.4, -0.2) is 26.1 Å². The van der Waals surface area contributed by atoms with Crippen LogP contribution in [0.3, 0.4) is 0 Å². The zero-order valence-corrected chi connectivity index (χ0v) is 14.4. The largest absolute Gasteiger partial charge is 0.467 e. The van der Waals surface area contributed by atoms with E-state index in [0.29, 0.717) is 30.2 Å². The van der Waals surface area contributed by atoms with Crippen molar-refractivity contribution in [1.82, 2.24) is 25.5 Å². The van der Waals surface area contributed by atoms with Crippen LogP contribution in [0.1, 0.15) is 21.7 Å². The lowest BCUT2D eigenvalue weighted by Gasteiger charge is -2.06. The van der Waals surface area contributed by atoms with Gasteiger partial charge in [0.15, 0.2) is 0 Å². The molecule has 4 rings (SSSR count). The summed E-state index contributed by atoms with van der Waals surface area (Å²) in [6, 6.07) is 20.6. The fourth-order valence-corrected chi connectivity index (χ4v) is 2.67. The van der Waals surface area contributed by atoms with E-state index in [0.717, 1.165) is 11.1 Å². The maximum absolute atomic E-state index is 12.3. The van der Waals surface area contributed by atoms with E-state index in [1.807, 2.05) is 54.6 Å². The van der Waals surface area contributed by atoms with Crippen molar-refractivity contribution in [1.29, 1.82) is 0 Å². The minimum Gasteiger partial charge on any atom is -0.467 e. The van der Waals surface area contributed by atoms with Gasteiger partial charge < -0.3 is 9.73 Å². The number of tetrazole rings is 1. The first-order chi connectivity index (χ1) is 13.3. The van der Waals surface area contributed by atoms with Crippen LogP contribution in [0.4, 0.5) is 0 Å². The Bertz CT molecular complexity index is 1030. The van der Waals surface area contributed by atoms with Gasteiger partial charge >= 0.3 is 0 Å². The molecule has 2 heterocycles. The predicted molar refractivity (Wildman–Crippen MR) is 98.7 cm³/mol. The van der Waals surface area contributed by atoms with Crippen LogP contribution in [0.2, 0.25) is 0 Å². The molecule has 7 nitrogen and oxygen atoms in total. The average Bonchev–Trinajstić information content (AvgIpc) is 3.39. The van der Waals surface area contributed by atoms with Crippen LogP contribution in [0.25, 0.3) is 11.4 Å². The van der Waals surface area contributed by atoms with Gasteiger partial charge in [0.25, 0.3) is 5.91 Å². The number of hydrogen-bond donors (Lipinski definition) is 1. The molecule has 7 heteroatoms. The van der Waals surface area contributed by atoms with Crippen molar-refractivity contribution in [2.45, 2.75) is 13.1 Å². The van der Waals surface area contributed by atoms with Crippen molar-refractivity contribution in [2.75, 3.05) is 0 Å². The molecule has 0 spiro atoms. The Morgan fingerprint density at radius 3 is 2.74 bits per heavy atom. The minimum absolute atomic E-state index is 0.162. The minimum atomic E-state index is -0.162. The van der Waals surface area contributed by atoms with Gasteiger partial charge in [-0.15, -0.1) is 10.2 Å². The molecule has 0 aliphatic heterocycles. The van der Waals surface area contributed by atoms with E-state index in [9.17, 15) is 4.79 Å². The summed E-state index contributed by atoms with van der Waals surface area (Å²) >= 11 is 0. The summed E-state index contributed by atoms with van der Waals surface area (Å²) in [5, 5.41) is 15.4. The molecule has 134 valence electrons. The first-order valence-electron chi connectivity index (χ1n) is 8.51. The van der Waals surface area contributed by atoms with Crippen LogP contribution in [0.15, 0.2) is 77.4 Å². The van der Waals surface area contributed by atoms with Crippen molar-refractivity contribution >= 4 is 5.91 Å². The molecule has 4 aromatic rings. The highest BCUT2D eigenvalue weighted by Gasteiger charge is 2.09. The fourth-order valence-electron chi connectivity index (χ4n) is 2.67. The summed E-state index contributed by atoms with van der Waals surface area (Å²) in [6.07, 6.45) is 1.58. The molecule has 0 aliphatic carbocycles. The predicted octanol–water partition coefficient (Wildman–Crippen LogP) is 2.91. The summed E-state index contributed by atoms with van der Waals surface area (Å²) in [5.74, 6) is 1.12. The van der Waals surface area contributed by atoms with Gasteiger partial charge in [-0.25, -0.2) is 0 Å². The lowest BCUT2D eigenvalue weighted by molar-refractivity contribution is 0.0948. The number of carbonyl (C=O) groups excluding carboxylic acids is 1. The van der Waals surface area contributed by atoms with E-state index in [-0.39, 0.29) is 5.91 Å². The SMILES string of the molecule is O=C(NCc1ccco1)c1cccc(Cn2nnc(-c3ccccc3)n2)c1. The number of furan rings is 1. The molecule has 0 fully saturated rings. The molecule has 2 aromatic heterocycles. The van der Waals surface area contributed by atoms with Crippen LogP contribution in [-0.2, 0) is 13.1 Å². The van der Waals surface area contributed by atoms with Crippen molar-refractivity contribution in [3.63, 3.8) is 0 Å². The number of nitrogens with one attached hydrogen (secondary N) is 1. The third-order valence-corrected chi connectivity index (χ3v) is 4.00. The van der Waals surface area contributed by atoms with E-state index in [1.165, 1.54) is 4.80 Å². The molecule has 0 unspecified atom stereocenters. The molecule has 0 saturated carbocycles. The Hall–Kier alpha value is -3.74. The zero-order valence-electron chi connectivity index (χ0n) is 14.4. The fraction of sp³-hybridized carbons (Fsp3) is 0.100. The summed E-state index contributed by atoms with van der Waals surface area (Å²) in [5.41, 5.74) is 2.40. The van der Waals surface area contributed by atoms with Gasteiger partial charge in [-0.3, -0.25) is 4.79 Å². The Morgan fingerprint density at radius 1 is 1.04 bits per heavy atom. The van der Waals surface area contributed by atoms with E-state index in [2.05, 4.69) is 20.7 Å². The van der Waals surface area contributed by atoms with Crippen molar-refractivity contribution in [3.8, 4) is 11.4 Å². The Morgan fingerprint density at radius 2 is 1.93 bits per heavy atom. The molecule has 0 atom stereocenters. The van der Waals surface area contributed by atoms with Crippen molar-refractivity contribution < 1.29 is 9.21 Å². The van der Waals surface area contributed by atoms with E-state index in [1.54, 1.807) is 18.4 Å². The third-order valence-electron chi connectivity index (χ3n) is 4.00. The number of amides is 1. The quantitative estimate of drug-likeness (QED) is 0.572. The normalized spacial score (nSPS) is 10.7. The highest BCUT2D eigenvalue weighted by molar-refractivity contribution is 5.94. The standard InChI is InChI=1S/C20H17N5O2/c26-20(21-13-18-10-5-11-27-18)17-9-4-6-15(12-17)14-25-23-19(22-24-25)16-7-2-1-3-8-16/h1-12H,13-14H2,(H,21,26). The molecule has 0 aliphatic rings. The van der Waals surface area contributed by atoms with Gasteiger partial charge in [0, 0.05) is 11.1 Å². The first-order valence-corrected chi connectivity index (χ1v) is 8.51. The second-order valence-corrected chi connectivity index (χ2v) is 5.97. The van der Waals surface area contributed by atoms with Crippen molar-refractivity contribution in [3.05, 3.63) is 89.9 Å². The van der Waals surface area contributed by atoms with Gasteiger partial charge in [-0.2, -0.15) is 4.80 Å². The Labute approximate surface area is 155 Å². The van der Waals surface area contributed by atoms with Gasteiger partial charge in [0.1, 0.15) is 5.76 Å². The van der Waals surface area contributed by atoms with E-state index >= 15 is 0 Å². The Kier molecular flexibility index (Phi) is 4.74. The lowest BCUT2D eigenvalue weighted by atomic mass is 10.1. The smallest absolute Gasteiger partial charge is 0.251 e. The molecule has 0 radical (unpaired) electrons. The molecule has 0 bridgehead atoms. The number of rotatable bonds is 6. The molecule has 0 saturated heterocycles. The monoisotopic (exact) mass is 359 g/mol. The number of hydrogen-bond acceptors (Lipinski definition) is 5. The number of benzene rings is 2. The number of aromatic nitrogens is 4. The molecule has 27 heavy (non-hydrogen) atoms. The highest BCUT2D eigenvalue weighted by atomic mass is 16.3. The first kappa shape index (κ1) is 16.7. The second kappa shape index (κ2) is 7.65. The molecular formula is C20H17N5O2. The average molecular weight is 359 g/mol. The summed E-state index contributed by atoms with van der Waals surface area (Å²) in [4.78, 5) is 13.8. The second-order valence-electron chi connectivity index (χ2n) is 5.97. The van der Waals surface area contributed by atoms with Crippen LogP contribution in [0.5, 0.6) is 0 Å². The van der Waals surface area contributed by atoms with Gasteiger partial charge in [-0.1, -0.05) is 42.5 Å².